The van der Waals surface area contributed by atoms with E-state index >= 15 is 0 Å². The summed E-state index contributed by atoms with van der Waals surface area (Å²) in [7, 11) is -3.79. The molecule has 2 amide bonds. The van der Waals surface area contributed by atoms with E-state index in [-0.39, 0.29) is 18.9 Å². The zero-order valence-corrected chi connectivity index (χ0v) is 25.4. The van der Waals surface area contributed by atoms with E-state index in [4.69, 9.17) is 0 Å². The second-order valence-electron chi connectivity index (χ2n) is 10.7. The second kappa shape index (κ2) is 12.8. The lowest BCUT2D eigenvalue weighted by atomic mass is 10.0. The smallest absolute Gasteiger partial charge is 0.244 e. The Morgan fingerprint density at radius 1 is 0.923 bits per heavy atom. The van der Waals surface area contributed by atoms with Gasteiger partial charge in [0.05, 0.1) is 11.9 Å². The van der Waals surface area contributed by atoms with Crippen LogP contribution in [0.15, 0.2) is 83.3 Å². The van der Waals surface area contributed by atoms with Crippen LogP contribution in [0.4, 0.5) is 5.69 Å². The fourth-order valence-corrected chi connectivity index (χ4v) is 5.46. The minimum Gasteiger partial charge on any atom is -0.350 e. The van der Waals surface area contributed by atoms with Crippen LogP contribution in [0.2, 0.25) is 0 Å². The molecule has 3 rings (SSSR count). The lowest BCUT2D eigenvalue weighted by Gasteiger charge is -2.35. The fraction of sp³-hybridized carbons (Fsp3) is 0.333. The van der Waals surface area contributed by atoms with Gasteiger partial charge in [0.1, 0.15) is 12.6 Å². The molecule has 0 aliphatic heterocycles. The largest absolute Gasteiger partial charge is 0.350 e. The van der Waals surface area contributed by atoms with Gasteiger partial charge in [0.15, 0.2) is 0 Å². The fourth-order valence-electron chi connectivity index (χ4n) is 4.16. The Balaban J connectivity index is 2.07. The minimum absolute atomic E-state index is 0.124. The number of sulfonamides is 1. The van der Waals surface area contributed by atoms with Crippen molar-refractivity contribution < 1.29 is 18.0 Å². The molecule has 0 radical (unpaired) electrons. The van der Waals surface area contributed by atoms with E-state index in [0.29, 0.717) is 5.69 Å². The van der Waals surface area contributed by atoms with Crippen LogP contribution < -0.4 is 9.62 Å². The molecule has 208 valence electrons. The number of halogens is 1. The first-order valence-electron chi connectivity index (χ1n) is 12.7. The van der Waals surface area contributed by atoms with Gasteiger partial charge in [-0.15, -0.1) is 0 Å². The van der Waals surface area contributed by atoms with Crippen LogP contribution in [0, 0.1) is 6.92 Å². The predicted octanol–water partition coefficient (Wildman–Crippen LogP) is 5.08. The van der Waals surface area contributed by atoms with Crippen LogP contribution in [-0.2, 0) is 32.6 Å². The van der Waals surface area contributed by atoms with Crippen molar-refractivity contribution in [2.45, 2.75) is 52.2 Å². The number of amides is 2. The summed E-state index contributed by atoms with van der Waals surface area (Å²) in [6.45, 7) is 7.24. The number of anilines is 1. The molecule has 0 aliphatic carbocycles. The van der Waals surface area contributed by atoms with Crippen molar-refractivity contribution in [1.29, 1.82) is 0 Å². The quantitative estimate of drug-likeness (QED) is 0.345. The molecule has 3 aromatic rings. The number of hydrogen-bond acceptors (Lipinski definition) is 4. The average Bonchev–Trinajstić information content (AvgIpc) is 2.84. The van der Waals surface area contributed by atoms with Gasteiger partial charge in [0.2, 0.25) is 21.8 Å². The third-order valence-corrected chi connectivity index (χ3v) is 7.65. The number of nitrogens with one attached hydrogen (secondary N) is 1. The molecule has 0 aliphatic rings. The van der Waals surface area contributed by atoms with Crippen molar-refractivity contribution in [1.82, 2.24) is 10.2 Å². The first-order chi connectivity index (χ1) is 18.2. The van der Waals surface area contributed by atoms with Gasteiger partial charge in [-0.05, 0) is 63.1 Å². The zero-order chi connectivity index (χ0) is 28.8. The summed E-state index contributed by atoms with van der Waals surface area (Å²) in [5.74, 6) is -0.790. The number of benzene rings is 3. The van der Waals surface area contributed by atoms with Crippen LogP contribution in [0.1, 0.15) is 37.5 Å². The Morgan fingerprint density at radius 2 is 1.54 bits per heavy atom. The summed E-state index contributed by atoms with van der Waals surface area (Å²) in [6, 6.07) is 23.1. The van der Waals surface area contributed by atoms with Crippen LogP contribution in [0.5, 0.6) is 0 Å². The van der Waals surface area contributed by atoms with Crippen molar-refractivity contribution in [2.24, 2.45) is 0 Å². The molecule has 0 spiro atoms. The molecule has 0 fully saturated rings. The molecule has 1 N–H and O–H groups in total. The van der Waals surface area contributed by atoms with E-state index in [9.17, 15) is 18.0 Å². The standard InChI is InChI=1S/C30H36BrN3O4S/c1-22-14-16-26(17-15-22)34(39(5,37)38)21-28(35)33(20-24-12-9-13-25(31)18-24)27(29(36)32-30(2,3)4)19-23-10-7-6-8-11-23/h6-18,27H,19-21H2,1-5H3,(H,32,36). The van der Waals surface area contributed by atoms with Gasteiger partial charge in [-0.1, -0.05) is 76.1 Å². The first kappa shape index (κ1) is 30.4. The van der Waals surface area contributed by atoms with E-state index in [1.54, 1.807) is 24.3 Å². The maximum Gasteiger partial charge on any atom is 0.244 e. The number of hydrogen-bond donors (Lipinski definition) is 1. The third-order valence-electron chi connectivity index (χ3n) is 6.01. The van der Waals surface area contributed by atoms with Crippen LogP contribution in [0.3, 0.4) is 0 Å². The van der Waals surface area contributed by atoms with Crippen LogP contribution in [0.25, 0.3) is 0 Å². The SMILES string of the molecule is Cc1ccc(N(CC(=O)N(Cc2cccc(Br)c2)C(Cc2ccccc2)C(=O)NC(C)(C)C)S(C)(=O)=O)cc1. The lowest BCUT2D eigenvalue weighted by Crippen LogP contribution is -2.56. The Labute approximate surface area is 240 Å². The van der Waals surface area contributed by atoms with Gasteiger partial charge < -0.3 is 10.2 Å². The average molecular weight is 615 g/mol. The van der Waals surface area contributed by atoms with Gasteiger partial charge in [-0.25, -0.2) is 8.42 Å². The molecule has 1 atom stereocenters. The Kier molecular flexibility index (Phi) is 9.96. The molecule has 0 heterocycles. The van der Waals surface area contributed by atoms with Crippen molar-refractivity contribution in [3.05, 3.63) is 100 Å². The molecule has 9 heteroatoms. The maximum atomic E-state index is 14.1. The number of carbonyl (C=O) groups is 2. The molecule has 7 nitrogen and oxygen atoms in total. The third kappa shape index (κ3) is 9.21. The summed E-state index contributed by atoms with van der Waals surface area (Å²) < 4.78 is 27.6. The Bertz CT molecular complexity index is 1390. The number of nitrogens with zero attached hydrogens (tertiary/aromatic N) is 2. The van der Waals surface area contributed by atoms with E-state index in [2.05, 4.69) is 21.2 Å². The van der Waals surface area contributed by atoms with Gasteiger partial charge in [-0.2, -0.15) is 0 Å². The number of aryl methyl sites for hydroxylation is 1. The second-order valence-corrected chi connectivity index (χ2v) is 13.5. The van der Waals surface area contributed by atoms with Crippen LogP contribution in [-0.4, -0.2) is 49.5 Å². The molecule has 3 aromatic carbocycles. The first-order valence-corrected chi connectivity index (χ1v) is 15.3. The van der Waals surface area contributed by atoms with Crippen molar-refractivity contribution in [2.75, 3.05) is 17.1 Å². The molecule has 39 heavy (non-hydrogen) atoms. The van der Waals surface area contributed by atoms with E-state index in [1.807, 2.05) is 82.3 Å². The highest BCUT2D eigenvalue weighted by Crippen LogP contribution is 2.22. The topological polar surface area (TPSA) is 86.8 Å². The van der Waals surface area contributed by atoms with E-state index in [0.717, 1.165) is 31.7 Å². The van der Waals surface area contributed by atoms with Gasteiger partial charge in [-0.3, -0.25) is 13.9 Å². The predicted molar refractivity (Wildman–Crippen MR) is 160 cm³/mol. The van der Waals surface area contributed by atoms with Gasteiger partial charge >= 0.3 is 0 Å². The normalized spacial score (nSPS) is 12.5. The number of rotatable bonds is 10. The van der Waals surface area contributed by atoms with E-state index in [1.165, 1.54) is 4.90 Å². The van der Waals surface area contributed by atoms with Crippen LogP contribution >= 0.6 is 15.9 Å². The summed E-state index contributed by atoms with van der Waals surface area (Å²) in [4.78, 5) is 29.3. The summed E-state index contributed by atoms with van der Waals surface area (Å²) >= 11 is 3.48. The summed E-state index contributed by atoms with van der Waals surface area (Å²) in [5, 5.41) is 3.02. The molecular weight excluding hydrogens is 578 g/mol. The Hall–Kier alpha value is -3.17. The highest BCUT2D eigenvalue weighted by atomic mass is 79.9. The van der Waals surface area contributed by atoms with Crippen molar-refractivity contribution in [3.8, 4) is 0 Å². The summed E-state index contributed by atoms with van der Waals surface area (Å²) in [5.41, 5.74) is 2.52. The molecule has 1 unspecified atom stereocenters. The molecule has 0 bridgehead atoms. The number of carbonyl (C=O) groups excluding carboxylic acids is 2. The summed E-state index contributed by atoms with van der Waals surface area (Å²) in [6.07, 6.45) is 1.35. The molecule has 0 saturated heterocycles. The van der Waals surface area contributed by atoms with Crippen molar-refractivity contribution in [3.63, 3.8) is 0 Å². The minimum atomic E-state index is -3.79. The van der Waals surface area contributed by atoms with E-state index < -0.39 is 34.1 Å². The Morgan fingerprint density at radius 3 is 2.10 bits per heavy atom. The highest BCUT2D eigenvalue weighted by Gasteiger charge is 2.34. The maximum absolute atomic E-state index is 14.1. The zero-order valence-electron chi connectivity index (χ0n) is 23.0. The molecule has 0 aromatic heterocycles. The molecular formula is C30H36BrN3O4S. The van der Waals surface area contributed by atoms with Crippen molar-refractivity contribution >= 4 is 43.5 Å². The monoisotopic (exact) mass is 613 g/mol. The lowest BCUT2D eigenvalue weighted by molar-refractivity contribution is -0.140. The van der Waals surface area contributed by atoms with Gasteiger partial charge in [0.25, 0.3) is 0 Å². The molecule has 0 saturated carbocycles. The highest BCUT2D eigenvalue weighted by molar-refractivity contribution is 9.10. The van der Waals surface area contributed by atoms with Gasteiger partial charge in [0, 0.05) is 23.0 Å².